The highest BCUT2D eigenvalue weighted by atomic mass is 16.5. The zero-order valence-corrected chi connectivity index (χ0v) is 14.3. The molecular formula is C21H20N2O2. The zero-order valence-electron chi connectivity index (χ0n) is 14.3. The zero-order chi connectivity index (χ0) is 17.6. The number of rotatable bonds is 5. The Morgan fingerprint density at radius 2 is 1.88 bits per heavy atom. The molecule has 0 aliphatic heterocycles. The van der Waals surface area contributed by atoms with Crippen molar-refractivity contribution < 1.29 is 9.53 Å². The van der Waals surface area contributed by atoms with Crippen LogP contribution in [-0.2, 0) is 6.54 Å². The fraction of sp³-hybridized carbons (Fsp3) is 0.143. The molecule has 0 saturated carbocycles. The first-order chi connectivity index (χ1) is 12.2. The predicted molar refractivity (Wildman–Crippen MR) is 98.6 cm³/mol. The third-order valence-electron chi connectivity index (χ3n) is 3.95. The number of hydrogen-bond donors (Lipinski definition) is 1. The number of carbonyl (C=O) groups excluding carboxylic acids is 1. The van der Waals surface area contributed by atoms with Gasteiger partial charge in [-0.15, -0.1) is 0 Å². The van der Waals surface area contributed by atoms with Gasteiger partial charge < -0.3 is 10.1 Å². The standard InChI is InChI=1S/C21H20N2O2/c1-15-10-11-22-20(12-15)17-6-8-18(9-7-17)21(24)23-14-16-4-3-5-19(13-16)25-2/h3-13H,14H2,1-2H3,(H,23,24). The average Bonchev–Trinajstić information content (AvgIpc) is 2.66. The Kier molecular flexibility index (Phi) is 5.09. The first kappa shape index (κ1) is 16.7. The molecule has 1 amide bonds. The minimum absolute atomic E-state index is 0.105. The van der Waals surface area contributed by atoms with Crippen molar-refractivity contribution in [2.45, 2.75) is 13.5 Å². The lowest BCUT2D eigenvalue weighted by molar-refractivity contribution is 0.0951. The third-order valence-corrected chi connectivity index (χ3v) is 3.95. The van der Waals surface area contributed by atoms with Crippen molar-refractivity contribution in [1.82, 2.24) is 10.3 Å². The van der Waals surface area contributed by atoms with Crippen molar-refractivity contribution in [2.75, 3.05) is 7.11 Å². The van der Waals surface area contributed by atoms with Crippen LogP contribution in [0.2, 0.25) is 0 Å². The molecule has 0 fully saturated rings. The van der Waals surface area contributed by atoms with E-state index in [1.807, 2.05) is 67.6 Å². The maximum absolute atomic E-state index is 12.3. The molecule has 0 spiro atoms. The summed E-state index contributed by atoms with van der Waals surface area (Å²) < 4.78 is 5.19. The van der Waals surface area contributed by atoms with Crippen LogP contribution in [0.4, 0.5) is 0 Å². The first-order valence-corrected chi connectivity index (χ1v) is 8.10. The van der Waals surface area contributed by atoms with Gasteiger partial charge in [0.05, 0.1) is 12.8 Å². The molecule has 3 aromatic rings. The fourth-order valence-corrected chi connectivity index (χ4v) is 2.55. The van der Waals surface area contributed by atoms with E-state index in [9.17, 15) is 4.79 Å². The number of pyridine rings is 1. The average molecular weight is 332 g/mol. The van der Waals surface area contributed by atoms with Gasteiger partial charge in [0, 0.05) is 23.9 Å². The Bertz CT molecular complexity index is 873. The molecule has 4 nitrogen and oxygen atoms in total. The number of ether oxygens (including phenoxy) is 1. The largest absolute Gasteiger partial charge is 0.497 e. The van der Waals surface area contributed by atoms with Gasteiger partial charge in [-0.2, -0.15) is 0 Å². The van der Waals surface area contributed by atoms with Gasteiger partial charge >= 0.3 is 0 Å². The molecule has 1 aromatic heterocycles. The SMILES string of the molecule is COc1cccc(CNC(=O)c2ccc(-c3cc(C)ccn3)cc2)c1. The molecule has 0 aliphatic rings. The summed E-state index contributed by atoms with van der Waals surface area (Å²) in [5.41, 5.74) is 4.68. The van der Waals surface area contributed by atoms with E-state index in [-0.39, 0.29) is 5.91 Å². The highest BCUT2D eigenvalue weighted by Gasteiger charge is 2.07. The summed E-state index contributed by atoms with van der Waals surface area (Å²) in [7, 11) is 1.63. The van der Waals surface area contributed by atoms with Gasteiger partial charge in [0.15, 0.2) is 0 Å². The van der Waals surface area contributed by atoms with Gasteiger partial charge in [-0.1, -0.05) is 24.3 Å². The van der Waals surface area contributed by atoms with Crippen LogP contribution in [0.5, 0.6) is 5.75 Å². The molecular weight excluding hydrogens is 312 g/mol. The van der Waals surface area contributed by atoms with Crippen LogP contribution >= 0.6 is 0 Å². The lowest BCUT2D eigenvalue weighted by Crippen LogP contribution is -2.22. The molecule has 0 radical (unpaired) electrons. The first-order valence-electron chi connectivity index (χ1n) is 8.10. The van der Waals surface area contributed by atoms with Gasteiger partial charge in [-0.05, 0) is 54.4 Å². The number of nitrogens with zero attached hydrogens (tertiary/aromatic N) is 1. The van der Waals surface area contributed by atoms with E-state index in [0.29, 0.717) is 12.1 Å². The monoisotopic (exact) mass is 332 g/mol. The highest BCUT2D eigenvalue weighted by molar-refractivity contribution is 5.94. The Hall–Kier alpha value is -3.14. The molecule has 25 heavy (non-hydrogen) atoms. The molecule has 0 unspecified atom stereocenters. The van der Waals surface area contributed by atoms with Crippen molar-refractivity contribution in [3.05, 3.63) is 83.6 Å². The minimum Gasteiger partial charge on any atom is -0.497 e. The van der Waals surface area contributed by atoms with Gasteiger partial charge in [0.2, 0.25) is 0 Å². The molecule has 2 aromatic carbocycles. The van der Waals surface area contributed by atoms with E-state index in [1.54, 1.807) is 13.3 Å². The normalized spacial score (nSPS) is 10.3. The molecule has 0 aliphatic carbocycles. The minimum atomic E-state index is -0.105. The van der Waals surface area contributed by atoms with Crippen LogP contribution < -0.4 is 10.1 Å². The van der Waals surface area contributed by atoms with Crippen LogP contribution in [0.15, 0.2) is 66.9 Å². The van der Waals surface area contributed by atoms with Crippen LogP contribution in [-0.4, -0.2) is 18.0 Å². The lowest BCUT2D eigenvalue weighted by Gasteiger charge is -2.08. The van der Waals surface area contributed by atoms with Crippen LogP contribution in [0.1, 0.15) is 21.5 Å². The topological polar surface area (TPSA) is 51.2 Å². The predicted octanol–water partition coefficient (Wildman–Crippen LogP) is 4.00. The highest BCUT2D eigenvalue weighted by Crippen LogP contribution is 2.18. The summed E-state index contributed by atoms with van der Waals surface area (Å²) in [6, 6.07) is 19.1. The smallest absolute Gasteiger partial charge is 0.251 e. The maximum Gasteiger partial charge on any atom is 0.251 e. The number of amides is 1. The quantitative estimate of drug-likeness (QED) is 0.768. The van der Waals surface area contributed by atoms with E-state index < -0.39 is 0 Å². The van der Waals surface area contributed by atoms with E-state index in [4.69, 9.17) is 4.74 Å². The van der Waals surface area contributed by atoms with E-state index in [1.165, 1.54) is 0 Å². The van der Waals surface area contributed by atoms with E-state index in [0.717, 1.165) is 28.1 Å². The lowest BCUT2D eigenvalue weighted by atomic mass is 10.1. The Balaban J connectivity index is 1.66. The summed E-state index contributed by atoms with van der Waals surface area (Å²) in [5.74, 6) is 0.674. The fourth-order valence-electron chi connectivity index (χ4n) is 2.55. The number of aromatic nitrogens is 1. The van der Waals surface area contributed by atoms with Crippen molar-refractivity contribution in [2.24, 2.45) is 0 Å². The second kappa shape index (κ2) is 7.62. The second-order valence-electron chi connectivity index (χ2n) is 5.83. The number of carbonyl (C=O) groups is 1. The molecule has 0 bridgehead atoms. The molecule has 3 rings (SSSR count). The summed E-state index contributed by atoms with van der Waals surface area (Å²) in [5, 5.41) is 2.92. The number of benzene rings is 2. The summed E-state index contributed by atoms with van der Waals surface area (Å²) >= 11 is 0. The van der Waals surface area contributed by atoms with Crippen molar-refractivity contribution in [1.29, 1.82) is 0 Å². The number of aryl methyl sites for hydroxylation is 1. The summed E-state index contributed by atoms with van der Waals surface area (Å²) in [4.78, 5) is 16.7. The molecule has 1 heterocycles. The van der Waals surface area contributed by atoms with Crippen LogP contribution in [0.3, 0.4) is 0 Å². The van der Waals surface area contributed by atoms with Crippen molar-refractivity contribution in [3.8, 4) is 17.0 Å². The molecule has 0 atom stereocenters. The second-order valence-corrected chi connectivity index (χ2v) is 5.83. The van der Waals surface area contributed by atoms with Gasteiger partial charge in [-0.25, -0.2) is 0 Å². The number of nitrogens with one attached hydrogen (secondary N) is 1. The molecule has 4 heteroatoms. The Morgan fingerprint density at radius 3 is 2.60 bits per heavy atom. The summed E-state index contributed by atoms with van der Waals surface area (Å²) in [6.45, 7) is 2.49. The van der Waals surface area contributed by atoms with Crippen molar-refractivity contribution in [3.63, 3.8) is 0 Å². The van der Waals surface area contributed by atoms with Gasteiger partial charge in [-0.3, -0.25) is 9.78 Å². The number of hydrogen-bond acceptors (Lipinski definition) is 3. The summed E-state index contributed by atoms with van der Waals surface area (Å²) in [6.07, 6.45) is 1.79. The molecule has 126 valence electrons. The van der Waals surface area contributed by atoms with E-state index >= 15 is 0 Å². The molecule has 1 N–H and O–H groups in total. The van der Waals surface area contributed by atoms with Crippen molar-refractivity contribution >= 4 is 5.91 Å². The van der Waals surface area contributed by atoms with Crippen LogP contribution in [0.25, 0.3) is 11.3 Å². The molecule has 0 saturated heterocycles. The Labute approximate surface area is 147 Å². The Morgan fingerprint density at radius 1 is 1.08 bits per heavy atom. The third kappa shape index (κ3) is 4.23. The maximum atomic E-state index is 12.3. The van der Waals surface area contributed by atoms with Crippen LogP contribution in [0, 0.1) is 6.92 Å². The van der Waals surface area contributed by atoms with Gasteiger partial charge in [0.25, 0.3) is 5.91 Å². The van der Waals surface area contributed by atoms with Gasteiger partial charge in [0.1, 0.15) is 5.75 Å². The van der Waals surface area contributed by atoms with E-state index in [2.05, 4.69) is 10.3 Å². The number of methoxy groups -OCH3 is 1.